The molecule has 1 saturated carbocycles. The second-order valence-electron chi connectivity index (χ2n) is 17.7. The van der Waals surface area contributed by atoms with E-state index in [9.17, 15) is 14.7 Å². The fourth-order valence-electron chi connectivity index (χ4n) is 8.12. The molecule has 3 aromatic rings. The van der Waals surface area contributed by atoms with Crippen LogP contribution < -0.4 is 4.74 Å². The number of rotatable bonds is 20. The third-order valence-corrected chi connectivity index (χ3v) is 17.1. The molecule has 3 aromatic carbocycles. The van der Waals surface area contributed by atoms with Crippen molar-refractivity contribution in [3.63, 3.8) is 0 Å². The number of carbonyl (C=O) groups excluding carboxylic acids is 1. The quantitative estimate of drug-likeness (QED) is 0.0686. The van der Waals surface area contributed by atoms with Crippen molar-refractivity contribution in [3.8, 4) is 16.9 Å². The summed E-state index contributed by atoms with van der Waals surface area (Å²) in [6, 6.07) is 27.7. The first-order valence-corrected chi connectivity index (χ1v) is 23.9. The molecule has 9 heteroatoms. The van der Waals surface area contributed by atoms with Crippen molar-refractivity contribution in [1.82, 2.24) is 0 Å². The molecular weight excluding hydrogens is 721 g/mol. The molecule has 2 unspecified atom stereocenters. The zero-order valence-electron chi connectivity index (χ0n) is 34.7. The Bertz CT molecular complexity index is 1630. The van der Waals surface area contributed by atoms with Gasteiger partial charge in [-0.15, -0.1) is 0 Å². The molecule has 0 aromatic heterocycles. The highest BCUT2D eigenvalue weighted by molar-refractivity contribution is 6.74. The number of benzene rings is 3. The lowest BCUT2D eigenvalue weighted by Crippen LogP contribution is -2.46. The summed E-state index contributed by atoms with van der Waals surface area (Å²) in [6.45, 7) is 14.8. The van der Waals surface area contributed by atoms with Gasteiger partial charge >= 0.3 is 11.9 Å². The van der Waals surface area contributed by atoms with E-state index in [1.165, 1.54) is 0 Å². The number of unbranched alkanes of at least 4 members (excludes halogenated alkanes) is 3. The Morgan fingerprint density at radius 3 is 2.20 bits per heavy atom. The van der Waals surface area contributed by atoms with E-state index in [-0.39, 0.29) is 47.9 Å². The summed E-state index contributed by atoms with van der Waals surface area (Å²) in [5.41, 5.74) is 2.27. The van der Waals surface area contributed by atoms with Gasteiger partial charge in [0.25, 0.3) is 0 Å². The number of carbonyl (C=O) groups is 2. The average Bonchev–Trinajstić information content (AvgIpc) is 3.43. The van der Waals surface area contributed by atoms with Crippen LogP contribution in [-0.2, 0) is 23.4 Å². The molecule has 5 rings (SSSR count). The molecular formula is C47H66O8Si. The van der Waals surface area contributed by atoms with Gasteiger partial charge in [-0.3, -0.25) is 4.79 Å². The van der Waals surface area contributed by atoms with Crippen molar-refractivity contribution >= 4 is 20.3 Å². The van der Waals surface area contributed by atoms with E-state index >= 15 is 0 Å². The van der Waals surface area contributed by atoms with Gasteiger partial charge in [-0.1, -0.05) is 108 Å². The summed E-state index contributed by atoms with van der Waals surface area (Å²) >= 11 is 0. The summed E-state index contributed by atoms with van der Waals surface area (Å²) in [4.78, 5) is 25.2. The monoisotopic (exact) mass is 786 g/mol. The number of para-hydroxylation sites is 1. The van der Waals surface area contributed by atoms with Gasteiger partial charge in [0, 0.05) is 24.9 Å². The summed E-state index contributed by atoms with van der Waals surface area (Å²) in [5, 5.41) is 9.23. The molecule has 2 aliphatic rings. The number of carboxylic acid groups (broad SMARTS) is 1. The minimum Gasteiger partial charge on any atom is -0.491 e. The molecule has 0 bridgehead atoms. The van der Waals surface area contributed by atoms with E-state index in [1.54, 1.807) is 0 Å². The van der Waals surface area contributed by atoms with Crippen molar-refractivity contribution in [1.29, 1.82) is 0 Å². The predicted molar refractivity (Wildman–Crippen MR) is 224 cm³/mol. The molecule has 1 aliphatic heterocycles. The van der Waals surface area contributed by atoms with Crippen molar-refractivity contribution in [3.05, 3.63) is 90.5 Å². The van der Waals surface area contributed by atoms with Crippen molar-refractivity contribution < 1.29 is 38.1 Å². The van der Waals surface area contributed by atoms with Gasteiger partial charge in [-0.2, -0.15) is 0 Å². The first-order chi connectivity index (χ1) is 26.7. The van der Waals surface area contributed by atoms with Crippen molar-refractivity contribution in [2.45, 2.75) is 147 Å². The van der Waals surface area contributed by atoms with Gasteiger partial charge in [-0.05, 0) is 104 Å². The van der Waals surface area contributed by atoms with Gasteiger partial charge in [-0.25, -0.2) is 4.79 Å². The second kappa shape index (κ2) is 20.3. The van der Waals surface area contributed by atoms with E-state index in [1.807, 2.05) is 72.8 Å². The minimum absolute atomic E-state index is 0.0308. The first-order valence-electron chi connectivity index (χ1n) is 21.0. The van der Waals surface area contributed by atoms with Crippen LogP contribution in [0, 0.1) is 11.3 Å². The van der Waals surface area contributed by atoms with Crippen molar-refractivity contribution in [2.24, 2.45) is 11.3 Å². The third-order valence-electron chi connectivity index (χ3n) is 12.5. The second-order valence-corrected chi connectivity index (χ2v) is 22.4. The number of esters is 1. The fourth-order valence-corrected chi connectivity index (χ4v) is 9.49. The van der Waals surface area contributed by atoms with E-state index < -0.39 is 19.7 Å². The topological polar surface area (TPSA) is 101 Å². The van der Waals surface area contributed by atoms with E-state index in [0.29, 0.717) is 31.6 Å². The largest absolute Gasteiger partial charge is 0.491 e. The zero-order chi connectivity index (χ0) is 40.2. The highest BCUT2D eigenvalue weighted by Gasteiger charge is 2.54. The van der Waals surface area contributed by atoms with Gasteiger partial charge in [0.2, 0.25) is 0 Å². The molecule has 1 saturated heterocycles. The SMILES string of the molecule is CC(C)(C)[Si](C)(C)O[C@@H](CC[C@H]1C(OC2CCCCO2)C[C@H](OC(=O)c2ccc(-c3ccccc3)cc2)[C@]1(C)CCCCCCC(=O)O)COc1ccccc1. The van der Waals surface area contributed by atoms with Crippen LogP contribution in [0.4, 0.5) is 0 Å². The number of aliphatic carboxylic acids is 1. The standard InChI is InChI=1S/C47H66O8Si/c1-46(2,3)56(5,6)55-39(34-52-38-21-13-10-14-22-38)29-30-40-41(53-44-24-16-18-32-51-44)33-42(47(40,4)31-17-8-7-15-23-43(48)49)54-45(50)37-27-25-36(26-28-37)35-19-11-9-12-20-35/h9-14,19-22,25-28,39-42,44H,7-8,15-18,23-24,29-34H2,1-6H3,(H,48,49)/t39-,40-,41?,42-,44?,47+/m0/s1. The van der Waals surface area contributed by atoms with Crippen LogP contribution in [0.5, 0.6) is 5.75 Å². The number of hydrogen-bond donors (Lipinski definition) is 1. The smallest absolute Gasteiger partial charge is 0.338 e. The molecule has 1 heterocycles. The number of carboxylic acids is 1. The van der Waals surface area contributed by atoms with Gasteiger partial charge in [0.15, 0.2) is 14.6 Å². The molecule has 8 nitrogen and oxygen atoms in total. The highest BCUT2D eigenvalue weighted by atomic mass is 28.4. The number of ether oxygens (including phenoxy) is 4. The van der Waals surface area contributed by atoms with Gasteiger partial charge in [0.05, 0.1) is 17.8 Å². The lowest BCUT2D eigenvalue weighted by atomic mass is 9.71. The lowest BCUT2D eigenvalue weighted by Gasteiger charge is -2.41. The highest BCUT2D eigenvalue weighted by Crippen LogP contribution is 2.53. The lowest BCUT2D eigenvalue weighted by molar-refractivity contribution is -0.198. The minimum atomic E-state index is -2.15. The average molecular weight is 787 g/mol. The molecule has 1 N–H and O–H groups in total. The summed E-state index contributed by atoms with van der Waals surface area (Å²) in [7, 11) is -2.15. The summed E-state index contributed by atoms with van der Waals surface area (Å²) in [5.74, 6) is -0.199. The summed E-state index contributed by atoms with van der Waals surface area (Å²) in [6.07, 6.45) is 8.49. The Morgan fingerprint density at radius 2 is 1.55 bits per heavy atom. The maximum atomic E-state index is 14.0. The van der Waals surface area contributed by atoms with Gasteiger partial charge < -0.3 is 28.5 Å². The van der Waals surface area contributed by atoms with Crippen LogP contribution in [0.15, 0.2) is 84.9 Å². The van der Waals surface area contributed by atoms with Crippen LogP contribution in [0.2, 0.25) is 18.1 Å². The van der Waals surface area contributed by atoms with Crippen LogP contribution in [-0.4, -0.2) is 63.2 Å². The molecule has 0 spiro atoms. The fraction of sp³-hybridized carbons (Fsp3) is 0.574. The van der Waals surface area contributed by atoms with Crippen molar-refractivity contribution in [2.75, 3.05) is 13.2 Å². The normalized spacial score (nSPS) is 23.4. The third kappa shape index (κ3) is 12.2. The van der Waals surface area contributed by atoms with Crippen LogP contribution in [0.1, 0.15) is 115 Å². The van der Waals surface area contributed by atoms with Gasteiger partial charge in [0.1, 0.15) is 18.5 Å². The van der Waals surface area contributed by atoms with E-state index in [0.717, 1.165) is 74.7 Å². The Kier molecular flexibility index (Phi) is 15.8. The molecule has 306 valence electrons. The molecule has 6 atom stereocenters. The Hall–Kier alpha value is -3.50. The first kappa shape index (κ1) is 43.6. The molecule has 2 fully saturated rings. The van der Waals surface area contributed by atoms with E-state index in [2.05, 4.69) is 52.9 Å². The predicted octanol–water partition coefficient (Wildman–Crippen LogP) is 11.5. The Labute approximate surface area is 336 Å². The van der Waals surface area contributed by atoms with Crippen LogP contribution in [0.3, 0.4) is 0 Å². The molecule has 56 heavy (non-hydrogen) atoms. The zero-order valence-corrected chi connectivity index (χ0v) is 35.7. The maximum absolute atomic E-state index is 14.0. The molecule has 0 amide bonds. The Morgan fingerprint density at radius 1 is 0.893 bits per heavy atom. The Balaban J connectivity index is 1.40. The number of hydrogen-bond acceptors (Lipinski definition) is 7. The molecule has 0 radical (unpaired) electrons. The summed E-state index contributed by atoms with van der Waals surface area (Å²) < 4.78 is 33.0. The van der Waals surface area contributed by atoms with E-state index in [4.69, 9.17) is 23.4 Å². The van der Waals surface area contributed by atoms with Crippen LogP contribution >= 0.6 is 0 Å². The van der Waals surface area contributed by atoms with Crippen LogP contribution in [0.25, 0.3) is 11.1 Å². The molecule has 1 aliphatic carbocycles. The maximum Gasteiger partial charge on any atom is 0.338 e.